The van der Waals surface area contributed by atoms with E-state index in [0.717, 1.165) is 18.5 Å². The van der Waals surface area contributed by atoms with Crippen LogP contribution in [0.2, 0.25) is 5.02 Å². The highest BCUT2D eigenvalue weighted by Gasteiger charge is 2.43. The minimum absolute atomic E-state index is 0.162. The number of hydrogen-bond acceptors (Lipinski definition) is 3. The predicted molar refractivity (Wildman–Crippen MR) is 105 cm³/mol. The number of aromatic nitrogens is 1. The normalized spacial score (nSPS) is 20.5. The van der Waals surface area contributed by atoms with Crippen LogP contribution in [0.4, 0.5) is 5.69 Å². The number of amides is 2. The number of nitrogens with one attached hydrogen (secondary N) is 1. The molecule has 6 heteroatoms. The van der Waals surface area contributed by atoms with E-state index in [1.807, 2.05) is 12.1 Å². The Morgan fingerprint density at radius 2 is 1.93 bits per heavy atom. The zero-order chi connectivity index (χ0) is 18.5. The van der Waals surface area contributed by atoms with Crippen molar-refractivity contribution >= 4 is 40.0 Å². The van der Waals surface area contributed by atoms with Crippen LogP contribution in [0, 0.1) is 0 Å². The first-order valence-corrected chi connectivity index (χ1v) is 9.44. The van der Waals surface area contributed by atoms with Crippen LogP contribution >= 0.6 is 11.6 Å². The number of anilines is 1. The molecule has 0 saturated carbocycles. The maximum absolute atomic E-state index is 13.1. The van der Waals surface area contributed by atoms with Gasteiger partial charge in [0.2, 0.25) is 5.91 Å². The van der Waals surface area contributed by atoms with Gasteiger partial charge in [0.05, 0.1) is 18.2 Å². The summed E-state index contributed by atoms with van der Waals surface area (Å²) < 4.78 is 0. The van der Waals surface area contributed by atoms with Crippen molar-refractivity contribution < 1.29 is 9.59 Å². The lowest BCUT2D eigenvalue weighted by Gasteiger charge is -2.31. The van der Waals surface area contributed by atoms with Gasteiger partial charge in [-0.2, -0.15) is 0 Å². The largest absolute Gasteiger partial charge is 0.358 e. The topological polar surface area (TPSA) is 56.4 Å². The Kier molecular flexibility index (Phi) is 3.81. The van der Waals surface area contributed by atoms with Crippen molar-refractivity contribution in [3.63, 3.8) is 0 Å². The smallest absolute Gasteiger partial charge is 0.251 e. The third-order valence-electron chi connectivity index (χ3n) is 5.54. The molecule has 2 aliphatic heterocycles. The van der Waals surface area contributed by atoms with E-state index < -0.39 is 6.04 Å². The number of carbonyl (C=O) groups is 2. The van der Waals surface area contributed by atoms with Crippen molar-refractivity contribution in [2.45, 2.75) is 25.4 Å². The number of para-hydroxylation sites is 1. The molecule has 0 spiro atoms. The second-order valence-electron chi connectivity index (χ2n) is 7.12. The molecular weight excluding hydrogens is 362 g/mol. The maximum atomic E-state index is 13.1. The maximum Gasteiger partial charge on any atom is 0.251 e. The summed E-state index contributed by atoms with van der Waals surface area (Å²) in [6.45, 7) is 1.43. The van der Waals surface area contributed by atoms with Gasteiger partial charge in [0, 0.05) is 41.1 Å². The van der Waals surface area contributed by atoms with Crippen LogP contribution in [0.5, 0.6) is 0 Å². The second kappa shape index (κ2) is 6.22. The van der Waals surface area contributed by atoms with Crippen molar-refractivity contribution in [1.82, 2.24) is 9.88 Å². The molecule has 3 aromatic rings. The highest BCUT2D eigenvalue weighted by molar-refractivity contribution is 6.31. The molecule has 2 aliphatic rings. The fourth-order valence-electron chi connectivity index (χ4n) is 4.24. The van der Waals surface area contributed by atoms with E-state index in [1.54, 1.807) is 24.3 Å². The van der Waals surface area contributed by atoms with Gasteiger partial charge in [-0.05, 0) is 29.8 Å². The molecule has 0 aliphatic carbocycles. The fourth-order valence-corrected chi connectivity index (χ4v) is 4.43. The molecular formula is C21H18ClN3O2. The first-order chi connectivity index (χ1) is 13.1. The fraction of sp³-hybridized carbons (Fsp3) is 0.238. The van der Waals surface area contributed by atoms with E-state index in [1.165, 1.54) is 21.5 Å². The van der Waals surface area contributed by atoms with E-state index in [2.05, 4.69) is 22.0 Å². The molecule has 1 atom stereocenters. The molecule has 5 rings (SSSR count). The molecule has 1 saturated heterocycles. The van der Waals surface area contributed by atoms with Crippen LogP contribution in [-0.4, -0.2) is 34.3 Å². The molecule has 136 valence electrons. The van der Waals surface area contributed by atoms with Gasteiger partial charge in [0.15, 0.2) is 0 Å². The first-order valence-electron chi connectivity index (χ1n) is 9.07. The van der Waals surface area contributed by atoms with Crippen molar-refractivity contribution in [2.75, 3.05) is 11.4 Å². The van der Waals surface area contributed by atoms with Gasteiger partial charge in [-0.3, -0.25) is 14.5 Å². The molecule has 1 unspecified atom stereocenters. The number of benzene rings is 2. The average Bonchev–Trinajstić information content (AvgIpc) is 3.18. The number of nitrogens with zero attached hydrogens (tertiary/aromatic N) is 2. The molecule has 1 aromatic heterocycles. The van der Waals surface area contributed by atoms with E-state index in [4.69, 9.17) is 11.6 Å². The van der Waals surface area contributed by atoms with Gasteiger partial charge < -0.3 is 4.98 Å². The van der Waals surface area contributed by atoms with Gasteiger partial charge in [-0.15, -0.1) is 0 Å². The van der Waals surface area contributed by atoms with E-state index in [9.17, 15) is 9.59 Å². The Labute approximate surface area is 161 Å². The Balaban J connectivity index is 1.44. The lowest BCUT2D eigenvalue weighted by molar-refractivity contribution is -0.123. The van der Waals surface area contributed by atoms with Crippen LogP contribution in [0.15, 0.2) is 48.5 Å². The lowest BCUT2D eigenvalue weighted by atomic mass is 10.0. The van der Waals surface area contributed by atoms with E-state index in [0.29, 0.717) is 17.3 Å². The summed E-state index contributed by atoms with van der Waals surface area (Å²) in [5.41, 5.74) is 4.14. The molecule has 2 amide bonds. The molecule has 1 fully saturated rings. The zero-order valence-corrected chi connectivity index (χ0v) is 15.4. The number of aromatic amines is 1. The van der Waals surface area contributed by atoms with Crippen LogP contribution in [0.25, 0.3) is 10.9 Å². The Hall–Kier alpha value is -2.63. The third kappa shape index (κ3) is 2.66. The minimum Gasteiger partial charge on any atom is -0.358 e. The molecule has 27 heavy (non-hydrogen) atoms. The summed E-state index contributed by atoms with van der Waals surface area (Å²) in [6, 6.07) is 14.7. The number of halogens is 1. The summed E-state index contributed by atoms with van der Waals surface area (Å²) >= 11 is 6.04. The third-order valence-corrected chi connectivity index (χ3v) is 5.78. The van der Waals surface area contributed by atoms with Crippen LogP contribution in [0.3, 0.4) is 0 Å². The van der Waals surface area contributed by atoms with Gasteiger partial charge in [0.1, 0.15) is 0 Å². The highest BCUT2D eigenvalue weighted by Crippen LogP contribution is 2.32. The van der Waals surface area contributed by atoms with Crippen LogP contribution in [-0.2, 0) is 22.6 Å². The monoisotopic (exact) mass is 379 g/mol. The van der Waals surface area contributed by atoms with Crippen LogP contribution < -0.4 is 4.90 Å². The van der Waals surface area contributed by atoms with Crippen molar-refractivity contribution in [2.24, 2.45) is 0 Å². The summed E-state index contributed by atoms with van der Waals surface area (Å²) in [5, 5.41) is 1.71. The van der Waals surface area contributed by atoms with E-state index in [-0.39, 0.29) is 18.2 Å². The van der Waals surface area contributed by atoms with Gasteiger partial charge >= 0.3 is 0 Å². The number of imide groups is 1. The highest BCUT2D eigenvalue weighted by atomic mass is 35.5. The van der Waals surface area contributed by atoms with Gasteiger partial charge in [-0.1, -0.05) is 35.9 Å². The molecule has 2 aromatic carbocycles. The Morgan fingerprint density at radius 3 is 2.78 bits per heavy atom. The number of rotatable bonds is 2. The van der Waals surface area contributed by atoms with Crippen molar-refractivity contribution in [1.29, 1.82) is 0 Å². The van der Waals surface area contributed by atoms with Crippen LogP contribution in [0.1, 0.15) is 17.7 Å². The number of hydrogen-bond donors (Lipinski definition) is 1. The SMILES string of the molecule is O=C1CC(N2CCc3[nH]c4ccccc4c3C2)C(=O)N1c1cccc(Cl)c1. The summed E-state index contributed by atoms with van der Waals surface area (Å²) in [6.07, 6.45) is 1.06. The number of fused-ring (bicyclic) bond motifs is 3. The molecule has 3 heterocycles. The van der Waals surface area contributed by atoms with Gasteiger partial charge in [-0.25, -0.2) is 4.90 Å². The number of H-pyrrole nitrogens is 1. The van der Waals surface area contributed by atoms with Gasteiger partial charge in [0.25, 0.3) is 5.91 Å². The second-order valence-corrected chi connectivity index (χ2v) is 7.55. The molecule has 5 nitrogen and oxygen atoms in total. The van der Waals surface area contributed by atoms with Crippen molar-refractivity contribution in [3.05, 3.63) is 64.8 Å². The number of carbonyl (C=O) groups excluding carboxylic acids is 2. The van der Waals surface area contributed by atoms with Crippen molar-refractivity contribution in [3.8, 4) is 0 Å². The molecule has 1 N–H and O–H groups in total. The van der Waals surface area contributed by atoms with E-state index >= 15 is 0 Å². The summed E-state index contributed by atoms with van der Waals surface area (Å²) in [7, 11) is 0. The predicted octanol–water partition coefficient (Wildman–Crippen LogP) is 3.51. The molecule has 0 radical (unpaired) electrons. The summed E-state index contributed by atoms with van der Waals surface area (Å²) in [4.78, 5) is 32.5. The quantitative estimate of drug-likeness (QED) is 0.693. The Bertz CT molecular complexity index is 1070. The minimum atomic E-state index is -0.418. The summed E-state index contributed by atoms with van der Waals surface area (Å²) in [5.74, 6) is -0.331. The standard InChI is InChI=1S/C21H18ClN3O2/c22-13-4-3-5-14(10-13)25-20(26)11-19(21(25)27)24-9-8-18-16(12-24)15-6-1-2-7-17(15)23-18/h1-7,10,19,23H,8-9,11-12H2. The Morgan fingerprint density at radius 1 is 1.07 bits per heavy atom. The lowest BCUT2D eigenvalue weighted by Crippen LogP contribution is -2.44. The molecule has 0 bridgehead atoms. The first kappa shape index (κ1) is 16.5. The average molecular weight is 380 g/mol. The zero-order valence-electron chi connectivity index (χ0n) is 14.6.